The minimum absolute atomic E-state index is 0.292. The first-order valence-electron chi connectivity index (χ1n) is 6.92. The number of nitrogens with zero attached hydrogens (tertiary/aromatic N) is 2. The first-order valence-corrected chi connectivity index (χ1v) is 6.92. The zero-order valence-electron chi connectivity index (χ0n) is 13.7. The molecule has 0 saturated carbocycles. The molecule has 0 bridgehead atoms. The number of esters is 2. The Morgan fingerprint density at radius 2 is 1.59 bits per heavy atom. The highest BCUT2D eigenvalue weighted by Gasteiger charge is 2.41. The molecule has 9 nitrogen and oxygen atoms in total. The zero-order valence-corrected chi connectivity index (χ0v) is 13.7. The van der Waals surface area contributed by atoms with E-state index in [-0.39, 0.29) is 0 Å². The number of rotatable bonds is 4. The van der Waals surface area contributed by atoms with Crippen molar-refractivity contribution in [2.24, 2.45) is 0 Å². The number of nitro groups is 1. The Bertz CT molecular complexity index is 872. The third-order valence-electron chi connectivity index (χ3n) is 3.50. The normalized spacial score (nSPS) is 14.2. The number of carbonyl (C=O) groups excluding carboxylic acids is 2. The van der Waals surface area contributed by atoms with Gasteiger partial charge in [-0.1, -0.05) is 0 Å². The van der Waals surface area contributed by atoms with Gasteiger partial charge in [0.25, 0.3) is 0 Å². The van der Waals surface area contributed by atoms with Gasteiger partial charge < -0.3 is 19.1 Å². The Kier molecular flexibility index (Phi) is 5.64. The van der Waals surface area contributed by atoms with Gasteiger partial charge in [-0.05, 0) is 0 Å². The van der Waals surface area contributed by atoms with Crippen LogP contribution in [0.1, 0.15) is 0 Å². The van der Waals surface area contributed by atoms with E-state index in [9.17, 15) is 37.3 Å². The van der Waals surface area contributed by atoms with Gasteiger partial charge in [0.15, 0.2) is 17.3 Å². The molecule has 0 amide bonds. The van der Waals surface area contributed by atoms with E-state index in [0.29, 0.717) is 4.90 Å². The highest BCUT2D eigenvalue weighted by molar-refractivity contribution is 6.03. The Balaban J connectivity index is 2.88. The number of anilines is 1. The SMILES string of the molecule is COC(=O)C1=C(C(=O)OC)N(c2c(F)c(F)c(F)c(F)c2[N+](=O)[O-])COC1. The van der Waals surface area contributed by atoms with E-state index in [4.69, 9.17) is 4.74 Å². The van der Waals surface area contributed by atoms with Crippen molar-refractivity contribution in [1.82, 2.24) is 0 Å². The molecule has 1 aromatic rings. The van der Waals surface area contributed by atoms with Crippen molar-refractivity contribution in [3.8, 4) is 0 Å². The van der Waals surface area contributed by atoms with E-state index in [1.165, 1.54) is 0 Å². The number of ether oxygens (including phenoxy) is 3. The summed E-state index contributed by atoms with van der Waals surface area (Å²) in [5.41, 5.74) is -4.64. The first kappa shape index (κ1) is 20.1. The van der Waals surface area contributed by atoms with Crippen molar-refractivity contribution in [2.75, 3.05) is 32.5 Å². The number of methoxy groups -OCH3 is 2. The molecule has 2 rings (SSSR count). The molecule has 146 valence electrons. The minimum Gasteiger partial charge on any atom is -0.466 e. The van der Waals surface area contributed by atoms with E-state index in [0.717, 1.165) is 14.2 Å². The van der Waals surface area contributed by atoms with Crippen LogP contribution in [0.4, 0.5) is 28.9 Å². The van der Waals surface area contributed by atoms with Crippen LogP contribution in [0.25, 0.3) is 0 Å². The standard InChI is InChI=1S/C14H10F4N2O7/c1-25-13(21)5-3-27-4-19(10(5)14(22)26-2)11-8(17)6(15)7(16)9(18)12(11)20(23)24/h3-4H2,1-2H3. The predicted molar refractivity (Wildman–Crippen MR) is 77.3 cm³/mol. The number of nitro benzene ring substituents is 1. The number of carbonyl (C=O) groups is 2. The third kappa shape index (κ3) is 3.28. The van der Waals surface area contributed by atoms with E-state index >= 15 is 0 Å². The second-order valence-electron chi connectivity index (χ2n) is 4.93. The molecule has 0 fully saturated rings. The fourth-order valence-corrected chi connectivity index (χ4v) is 2.34. The van der Waals surface area contributed by atoms with E-state index in [2.05, 4.69) is 9.47 Å². The molecular weight excluding hydrogens is 384 g/mol. The van der Waals surface area contributed by atoms with Gasteiger partial charge in [0.1, 0.15) is 12.4 Å². The fraction of sp³-hybridized carbons (Fsp3) is 0.286. The molecule has 13 heteroatoms. The zero-order chi connectivity index (χ0) is 20.5. The van der Waals surface area contributed by atoms with Crippen LogP contribution in [-0.4, -0.2) is 44.4 Å². The second-order valence-corrected chi connectivity index (χ2v) is 4.93. The lowest BCUT2D eigenvalue weighted by molar-refractivity contribution is -0.387. The molecule has 0 aliphatic carbocycles. The van der Waals surface area contributed by atoms with Gasteiger partial charge in [-0.15, -0.1) is 0 Å². The van der Waals surface area contributed by atoms with Crippen LogP contribution < -0.4 is 4.90 Å². The summed E-state index contributed by atoms with van der Waals surface area (Å²) < 4.78 is 69.1. The number of halogens is 4. The van der Waals surface area contributed by atoms with Crippen LogP contribution in [0.2, 0.25) is 0 Å². The molecule has 0 saturated heterocycles. The van der Waals surface area contributed by atoms with Gasteiger partial charge in [-0.3, -0.25) is 10.1 Å². The lowest BCUT2D eigenvalue weighted by atomic mass is 10.1. The van der Waals surface area contributed by atoms with Crippen molar-refractivity contribution in [3.05, 3.63) is 44.7 Å². The topological polar surface area (TPSA) is 108 Å². The molecular formula is C14H10F4N2O7. The molecule has 1 heterocycles. The lowest BCUT2D eigenvalue weighted by Crippen LogP contribution is -2.40. The average molecular weight is 394 g/mol. The average Bonchev–Trinajstić information content (AvgIpc) is 2.66. The maximum Gasteiger partial charge on any atom is 0.355 e. The van der Waals surface area contributed by atoms with Crippen LogP contribution in [0.3, 0.4) is 0 Å². The fourth-order valence-electron chi connectivity index (χ4n) is 2.34. The molecule has 1 aliphatic heterocycles. The maximum atomic E-state index is 14.3. The van der Waals surface area contributed by atoms with Crippen LogP contribution in [-0.2, 0) is 23.8 Å². The summed E-state index contributed by atoms with van der Waals surface area (Å²) in [7, 11) is 1.80. The monoisotopic (exact) mass is 394 g/mol. The summed E-state index contributed by atoms with van der Waals surface area (Å²) >= 11 is 0. The van der Waals surface area contributed by atoms with Crippen molar-refractivity contribution in [3.63, 3.8) is 0 Å². The van der Waals surface area contributed by atoms with Crippen molar-refractivity contribution in [2.45, 2.75) is 0 Å². The quantitative estimate of drug-likeness (QED) is 0.189. The summed E-state index contributed by atoms with van der Waals surface area (Å²) in [4.78, 5) is 33.8. The number of benzene rings is 1. The van der Waals surface area contributed by atoms with Gasteiger partial charge >= 0.3 is 17.6 Å². The summed E-state index contributed by atoms with van der Waals surface area (Å²) in [6.45, 7) is -1.39. The Morgan fingerprint density at radius 3 is 2.11 bits per heavy atom. The van der Waals surface area contributed by atoms with Crippen LogP contribution in [0, 0.1) is 33.4 Å². The molecule has 0 spiro atoms. The Labute approximate surface area is 147 Å². The second kappa shape index (κ2) is 7.57. The predicted octanol–water partition coefficient (Wildman–Crippen LogP) is 1.55. The largest absolute Gasteiger partial charge is 0.466 e. The molecule has 0 aromatic heterocycles. The highest BCUT2D eigenvalue weighted by atomic mass is 19.2. The molecule has 0 radical (unpaired) electrons. The lowest BCUT2D eigenvalue weighted by Gasteiger charge is -2.31. The van der Waals surface area contributed by atoms with E-state index < -0.39 is 76.1 Å². The molecule has 0 atom stereocenters. The highest BCUT2D eigenvalue weighted by Crippen LogP contribution is 2.40. The van der Waals surface area contributed by atoms with Gasteiger partial charge in [-0.25, -0.2) is 22.8 Å². The van der Waals surface area contributed by atoms with E-state index in [1.807, 2.05) is 0 Å². The smallest absolute Gasteiger partial charge is 0.355 e. The third-order valence-corrected chi connectivity index (χ3v) is 3.50. The number of hydrogen-bond donors (Lipinski definition) is 0. The van der Waals surface area contributed by atoms with E-state index in [1.54, 1.807) is 0 Å². The first-order chi connectivity index (χ1) is 12.7. The van der Waals surface area contributed by atoms with Gasteiger partial charge in [0.05, 0.1) is 31.3 Å². The maximum absolute atomic E-state index is 14.3. The summed E-state index contributed by atoms with van der Waals surface area (Å²) in [6.07, 6.45) is 0. The molecule has 27 heavy (non-hydrogen) atoms. The number of hydrogen-bond acceptors (Lipinski definition) is 8. The van der Waals surface area contributed by atoms with Crippen LogP contribution in [0.15, 0.2) is 11.3 Å². The molecule has 1 aliphatic rings. The molecule has 0 unspecified atom stereocenters. The summed E-state index contributed by atoms with van der Waals surface area (Å²) in [5.74, 6) is -11.7. The van der Waals surface area contributed by atoms with Gasteiger partial charge in [0, 0.05) is 0 Å². The minimum atomic E-state index is -2.42. The Morgan fingerprint density at radius 1 is 1.04 bits per heavy atom. The molecule has 1 aromatic carbocycles. The molecule has 0 N–H and O–H groups in total. The van der Waals surface area contributed by atoms with Crippen molar-refractivity contribution < 1.29 is 46.3 Å². The van der Waals surface area contributed by atoms with Crippen LogP contribution in [0.5, 0.6) is 0 Å². The Hall–Kier alpha value is -3.22. The summed E-state index contributed by atoms with van der Waals surface area (Å²) in [6, 6.07) is 0. The van der Waals surface area contributed by atoms with Gasteiger partial charge in [0.2, 0.25) is 11.6 Å². The van der Waals surface area contributed by atoms with Crippen molar-refractivity contribution in [1.29, 1.82) is 0 Å². The van der Waals surface area contributed by atoms with Gasteiger partial charge in [-0.2, -0.15) is 4.39 Å². The van der Waals surface area contributed by atoms with Crippen molar-refractivity contribution >= 4 is 23.3 Å². The van der Waals surface area contributed by atoms with Crippen LogP contribution >= 0.6 is 0 Å². The summed E-state index contributed by atoms with van der Waals surface area (Å²) in [5, 5.41) is 11.1.